The summed E-state index contributed by atoms with van der Waals surface area (Å²) in [7, 11) is 0. The van der Waals surface area contributed by atoms with Crippen molar-refractivity contribution in [1.29, 1.82) is 0 Å². The maximum atomic E-state index is 6.65. The molecule has 1 aliphatic rings. The third-order valence-electron chi connectivity index (χ3n) is 10.6. The van der Waals surface area contributed by atoms with Gasteiger partial charge in [-0.25, -0.2) is 0 Å². The molecular weight excluding hydrogens is 910 g/mol. The van der Waals surface area contributed by atoms with E-state index in [1.807, 2.05) is 18.3 Å². The summed E-state index contributed by atoms with van der Waals surface area (Å²) in [6.07, 6.45) is 1.92. The minimum Gasteiger partial charge on any atom is -0.493 e. The second kappa shape index (κ2) is 15.4. The molecular formula is C52H38N3OPtS-3. The van der Waals surface area contributed by atoms with Crippen LogP contribution in [0.3, 0.4) is 0 Å². The summed E-state index contributed by atoms with van der Waals surface area (Å²) in [4.78, 5) is 9.40. The van der Waals surface area contributed by atoms with Crippen LogP contribution in [-0.2, 0) is 26.5 Å². The topological polar surface area (TPSA) is 28.6 Å². The van der Waals surface area contributed by atoms with E-state index >= 15 is 0 Å². The van der Waals surface area contributed by atoms with Gasteiger partial charge in [0.25, 0.3) is 0 Å². The molecule has 0 saturated heterocycles. The third kappa shape index (κ3) is 6.89. The van der Waals surface area contributed by atoms with E-state index in [1.54, 1.807) is 11.3 Å². The zero-order chi connectivity index (χ0) is 38.5. The van der Waals surface area contributed by atoms with E-state index in [4.69, 9.17) is 9.72 Å². The first-order chi connectivity index (χ1) is 27.9. The van der Waals surface area contributed by atoms with Gasteiger partial charge in [0, 0.05) is 66.9 Å². The molecule has 58 heavy (non-hydrogen) atoms. The van der Waals surface area contributed by atoms with Gasteiger partial charge in [0.2, 0.25) is 0 Å². The van der Waals surface area contributed by atoms with Crippen molar-refractivity contribution in [3.63, 3.8) is 0 Å². The van der Waals surface area contributed by atoms with E-state index < -0.39 is 0 Å². The van der Waals surface area contributed by atoms with Crippen molar-refractivity contribution < 1.29 is 25.8 Å². The Hall–Kier alpha value is -6.00. The molecule has 3 heterocycles. The maximum absolute atomic E-state index is 6.65. The van der Waals surface area contributed by atoms with Crippen molar-refractivity contribution in [3.8, 4) is 44.3 Å². The molecule has 2 aromatic heterocycles. The molecule has 9 aromatic rings. The van der Waals surface area contributed by atoms with Crippen molar-refractivity contribution in [1.82, 2.24) is 4.98 Å². The summed E-state index contributed by atoms with van der Waals surface area (Å²) in [5, 5.41) is 4.00. The molecule has 0 amide bonds. The number of benzene rings is 7. The number of para-hydroxylation sites is 3. The molecule has 0 saturated carbocycles. The van der Waals surface area contributed by atoms with E-state index in [1.165, 1.54) is 5.56 Å². The molecule has 7 aromatic carbocycles. The molecule has 0 bridgehead atoms. The van der Waals surface area contributed by atoms with Crippen LogP contribution in [0, 0.1) is 18.8 Å². The summed E-state index contributed by atoms with van der Waals surface area (Å²) in [5.74, 6) is 0.619. The predicted molar refractivity (Wildman–Crippen MR) is 238 cm³/mol. The van der Waals surface area contributed by atoms with Crippen LogP contribution < -0.4 is 14.5 Å². The first kappa shape index (κ1) is 37.6. The zero-order valence-electron chi connectivity index (χ0n) is 32.2. The molecule has 4 nitrogen and oxygen atoms in total. The number of ether oxygens (including phenoxy) is 1. The number of thiophene rings is 1. The van der Waals surface area contributed by atoms with Crippen LogP contribution in [0.2, 0.25) is 0 Å². The average Bonchev–Trinajstić information content (AvgIpc) is 3.84. The minimum absolute atomic E-state index is 0. The molecule has 0 N–H and O–H groups in total. The van der Waals surface area contributed by atoms with Gasteiger partial charge in [-0.3, -0.25) is 4.98 Å². The molecule has 0 spiro atoms. The van der Waals surface area contributed by atoms with Crippen LogP contribution in [0.15, 0.2) is 170 Å². The van der Waals surface area contributed by atoms with Gasteiger partial charge in [-0.15, -0.1) is 36.6 Å². The average molecular weight is 948 g/mol. The monoisotopic (exact) mass is 947 g/mol. The van der Waals surface area contributed by atoms with Crippen molar-refractivity contribution in [2.75, 3.05) is 9.80 Å². The molecule has 0 radical (unpaired) electrons. The molecule has 6 heteroatoms. The largest absolute Gasteiger partial charge is 0.493 e. The van der Waals surface area contributed by atoms with Crippen LogP contribution in [-0.4, -0.2) is 4.98 Å². The van der Waals surface area contributed by atoms with Gasteiger partial charge >= 0.3 is 0 Å². The Labute approximate surface area is 358 Å². The van der Waals surface area contributed by atoms with Crippen molar-refractivity contribution in [2.24, 2.45) is 0 Å². The van der Waals surface area contributed by atoms with Crippen LogP contribution in [0.4, 0.5) is 22.7 Å². The first-order valence-corrected chi connectivity index (χ1v) is 20.0. The second-order valence-electron chi connectivity index (χ2n) is 15.3. The Morgan fingerprint density at radius 2 is 1.28 bits per heavy atom. The number of aromatic nitrogens is 1. The Balaban J connectivity index is 0.00000436. The fraction of sp³-hybridized carbons (Fsp3) is 0.0769. The molecule has 0 atom stereocenters. The van der Waals surface area contributed by atoms with E-state index in [-0.39, 0.29) is 26.5 Å². The number of hydrogen-bond donors (Lipinski definition) is 0. The van der Waals surface area contributed by atoms with E-state index in [0.29, 0.717) is 10.8 Å². The maximum Gasteiger partial charge on any atom is 0.107 e. The molecule has 1 aliphatic heterocycles. The number of rotatable bonds is 7. The SMILES string of the molecule is CC(C)(C)c1ccnc(-c2c3[c-]c(Oc4[c-]c(N5[CH-]N(c6c(-c7ccccc7)cccc6-c6ccccc6)c6ccccc65)ccc4)sc3cc3ccccc23)c1.[Pt]. The third-order valence-corrected chi connectivity index (χ3v) is 11.5. The Bertz CT molecular complexity index is 2860. The molecule has 286 valence electrons. The Kier molecular flexibility index (Phi) is 9.97. The number of fused-ring (bicyclic) bond motifs is 3. The van der Waals surface area contributed by atoms with Crippen LogP contribution in [0.1, 0.15) is 26.3 Å². The number of pyridine rings is 1. The fourth-order valence-electron chi connectivity index (χ4n) is 7.82. The molecule has 0 fully saturated rings. The summed E-state index contributed by atoms with van der Waals surface area (Å²) in [6, 6.07) is 64.8. The standard InChI is InChI=1S/C52H38N3OS.Pt/c1-52(2,3)38-28-29-53-45(31-38)50-41-23-11-10-20-37(41)30-48-44(50)33-49(57-48)56-40-22-14-21-39(32-40)54-34-55(47-27-13-12-26-46(47)54)51-42(35-16-6-4-7-17-35)24-15-25-43(51)36-18-8-5-9-19-36;/h4-31,34H,1-3H3;/q-3;. The smallest absolute Gasteiger partial charge is 0.107 e. The zero-order valence-corrected chi connectivity index (χ0v) is 35.3. The van der Waals surface area contributed by atoms with Gasteiger partial charge < -0.3 is 14.5 Å². The molecule has 0 aliphatic carbocycles. The van der Waals surface area contributed by atoms with Crippen LogP contribution in [0.5, 0.6) is 10.8 Å². The summed E-state index contributed by atoms with van der Waals surface area (Å²) >= 11 is 1.59. The number of anilines is 4. The number of nitrogens with zero attached hydrogens (tertiary/aromatic N) is 3. The van der Waals surface area contributed by atoms with Crippen LogP contribution >= 0.6 is 11.3 Å². The number of hydrogen-bond acceptors (Lipinski definition) is 5. The second-order valence-corrected chi connectivity index (χ2v) is 16.3. The van der Waals surface area contributed by atoms with Gasteiger partial charge in [-0.1, -0.05) is 158 Å². The van der Waals surface area contributed by atoms with Crippen molar-refractivity contribution in [3.05, 3.63) is 194 Å². The quantitative estimate of drug-likeness (QED) is 0.149. The van der Waals surface area contributed by atoms with Gasteiger partial charge in [-0.05, 0) is 51.8 Å². The van der Waals surface area contributed by atoms with Gasteiger partial charge in [0.1, 0.15) is 5.06 Å². The Morgan fingerprint density at radius 1 is 0.638 bits per heavy atom. The first-order valence-electron chi connectivity index (χ1n) is 19.2. The van der Waals surface area contributed by atoms with Gasteiger partial charge in [0.15, 0.2) is 0 Å². The predicted octanol–water partition coefficient (Wildman–Crippen LogP) is 14.5. The molecule has 10 rings (SSSR count). The van der Waals surface area contributed by atoms with E-state index in [0.717, 1.165) is 77.1 Å². The minimum atomic E-state index is -0.00531. The van der Waals surface area contributed by atoms with Gasteiger partial charge in [-0.2, -0.15) is 22.8 Å². The van der Waals surface area contributed by atoms with E-state index in [2.05, 4.69) is 201 Å². The fourth-order valence-corrected chi connectivity index (χ4v) is 8.75. The Morgan fingerprint density at radius 3 is 1.98 bits per heavy atom. The summed E-state index contributed by atoms with van der Waals surface area (Å²) < 4.78 is 7.74. The summed E-state index contributed by atoms with van der Waals surface area (Å²) in [5.41, 5.74) is 12.0. The summed E-state index contributed by atoms with van der Waals surface area (Å²) in [6.45, 7) is 8.88. The molecule has 0 unspecified atom stereocenters. The van der Waals surface area contributed by atoms with Crippen LogP contribution in [0.25, 0.3) is 54.4 Å². The van der Waals surface area contributed by atoms with Crippen molar-refractivity contribution >= 4 is 54.9 Å². The normalized spacial score (nSPS) is 12.5. The van der Waals surface area contributed by atoms with Gasteiger partial charge in [0.05, 0.1) is 0 Å². The van der Waals surface area contributed by atoms with Crippen molar-refractivity contribution in [2.45, 2.75) is 26.2 Å². The van der Waals surface area contributed by atoms with E-state index in [9.17, 15) is 0 Å².